The van der Waals surface area contributed by atoms with Crippen molar-refractivity contribution in [3.05, 3.63) is 57.8 Å². The number of aliphatic hydroxyl groups is 1. The molecule has 0 saturated heterocycles. The molecular formula is C17H21NOS. The van der Waals surface area contributed by atoms with Gasteiger partial charge in [0.2, 0.25) is 0 Å². The minimum atomic E-state index is -0.409. The summed E-state index contributed by atoms with van der Waals surface area (Å²) in [5.74, 6) is 0.729. The van der Waals surface area contributed by atoms with Gasteiger partial charge in [0.1, 0.15) is 0 Å². The standard InChI is InChI=1S/C17H21NOS/c1-12-2-4-13(5-3-12)17(14-6-7-14)18-10-16(19)15-8-9-20-11-15/h2-5,8-9,11,14,16-19H,6-7,10H2,1H3. The van der Waals surface area contributed by atoms with Crippen LogP contribution in [0.15, 0.2) is 41.1 Å². The van der Waals surface area contributed by atoms with Crippen LogP contribution in [0.3, 0.4) is 0 Å². The van der Waals surface area contributed by atoms with Crippen LogP contribution in [0.25, 0.3) is 0 Å². The first-order valence-corrected chi connectivity index (χ1v) is 8.18. The van der Waals surface area contributed by atoms with E-state index in [0.717, 1.165) is 11.5 Å². The maximum Gasteiger partial charge on any atom is 0.0922 e. The second kappa shape index (κ2) is 6.08. The maximum absolute atomic E-state index is 10.2. The lowest BCUT2D eigenvalue weighted by Crippen LogP contribution is -2.27. The lowest BCUT2D eigenvalue weighted by Gasteiger charge is -2.21. The SMILES string of the molecule is Cc1ccc(C(NCC(O)c2ccsc2)C2CC2)cc1. The van der Waals surface area contributed by atoms with E-state index in [4.69, 9.17) is 0 Å². The highest BCUT2D eigenvalue weighted by molar-refractivity contribution is 7.07. The molecule has 3 rings (SSSR count). The van der Waals surface area contributed by atoms with Crippen molar-refractivity contribution in [2.45, 2.75) is 31.9 Å². The lowest BCUT2D eigenvalue weighted by molar-refractivity contribution is 0.168. The van der Waals surface area contributed by atoms with Crippen LogP contribution < -0.4 is 5.32 Å². The topological polar surface area (TPSA) is 32.3 Å². The molecule has 0 spiro atoms. The zero-order valence-corrected chi connectivity index (χ0v) is 12.6. The third kappa shape index (κ3) is 3.29. The molecule has 2 unspecified atom stereocenters. The molecule has 2 aromatic rings. The molecule has 1 aromatic carbocycles. The quantitative estimate of drug-likeness (QED) is 0.846. The van der Waals surface area contributed by atoms with Crippen molar-refractivity contribution in [2.24, 2.45) is 5.92 Å². The Morgan fingerprint density at radius 1 is 1.20 bits per heavy atom. The molecule has 0 bridgehead atoms. The van der Waals surface area contributed by atoms with Crippen molar-refractivity contribution in [3.63, 3.8) is 0 Å². The van der Waals surface area contributed by atoms with Gasteiger partial charge in [0, 0.05) is 12.6 Å². The molecule has 1 saturated carbocycles. The van der Waals surface area contributed by atoms with E-state index in [0.29, 0.717) is 12.6 Å². The summed E-state index contributed by atoms with van der Waals surface area (Å²) in [5.41, 5.74) is 3.65. The van der Waals surface area contributed by atoms with E-state index in [-0.39, 0.29) is 0 Å². The number of hydrogen-bond donors (Lipinski definition) is 2. The Kier molecular flexibility index (Phi) is 4.20. The summed E-state index contributed by atoms with van der Waals surface area (Å²) in [4.78, 5) is 0. The predicted octanol–water partition coefficient (Wildman–Crippen LogP) is 3.83. The monoisotopic (exact) mass is 287 g/mol. The van der Waals surface area contributed by atoms with E-state index in [2.05, 4.69) is 36.5 Å². The zero-order chi connectivity index (χ0) is 13.9. The van der Waals surface area contributed by atoms with Gasteiger partial charge < -0.3 is 10.4 Å². The van der Waals surface area contributed by atoms with Crippen molar-refractivity contribution in [3.8, 4) is 0 Å². The fraction of sp³-hybridized carbons (Fsp3) is 0.412. The molecule has 1 aliphatic carbocycles. The number of nitrogens with one attached hydrogen (secondary N) is 1. The van der Waals surface area contributed by atoms with E-state index in [1.165, 1.54) is 24.0 Å². The smallest absolute Gasteiger partial charge is 0.0922 e. The van der Waals surface area contributed by atoms with Crippen molar-refractivity contribution < 1.29 is 5.11 Å². The minimum Gasteiger partial charge on any atom is -0.387 e. The maximum atomic E-state index is 10.2. The number of rotatable bonds is 6. The highest BCUT2D eigenvalue weighted by atomic mass is 32.1. The van der Waals surface area contributed by atoms with Crippen LogP contribution in [0.4, 0.5) is 0 Å². The van der Waals surface area contributed by atoms with Crippen molar-refractivity contribution in [1.82, 2.24) is 5.32 Å². The summed E-state index contributed by atoms with van der Waals surface area (Å²) < 4.78 is 0. The van der Waals surface area contributed by atoms with Crippen molar-refractivity contribution in [2.75, 3.05) is 6.54 Å². The molecule has 20 heavy (non-hydrogen) atoms. The second-order valence-electron chi connectivity index (χ2n) is 5.71. The molecule has 106 valence electrons. The molecule has 1 aliphatic rings. The summed E-state index contributed by atoms with van der Waals surface area (Å²) in [6.45, 7) is 2.73. The summed E-state index contributed by atoms with van der Waals surface area (Å²) in [6.07, 6.45) is 2.17. The molecule has 2 nitrogen and oxygen atoms in total. The van der Waals surface area contributed by atoms with Crippen molar-refractivity contribution in [1.29, 1.82) is 0 Å². The van der Waals surface area contributed by atoms with Gasteiger partial charge in [0.15, 0.2) is 0 Å². The number of aryl methyl sites for hydroxylation is 1. The number of thiophene rings is 1. The van der Waals surface area contributed by atoms with E-state index < -0.39 is 6.10 Å². The van der Waals surface area contributed by atoms with E-state index in [9.17, 15) is 5.11 Å². The van der Waals surface area contributed by atoms with Crippen LogP contribution in [0.1, 0.15) is 41.7 Å². The predicted molar refractivity (Wildman–Crippen MR) is 83.9 cm³/mol. The van der Waals surface area contributed by atoms with Crippen LogP contribution in [0.2, 0.25) is 0 Å². The second-order valence-corrected chi connectivity index (χ2v) is 6.49. The molecule has 1 heterocycles. The van der Waals surface area contributed by atoms with Gasteiger partial charge in [-0.3, -0.25) is 0 Å². The molecule has 0 radical (unpaired) electrons. The third-order valence-corrected chi connectivity index (χ3v) is 4.69. The summed E-state index contributed by atoms with van der Waals surface area (Å²) in [6, 6.07) is 11.1. The van der Waals surface area contributed by atoms with Crippen LogP contribution in [0, 0.1) is 12.8 Å². The molecule has 1 fully saturated rings. The van der Waals surface area contributed by atoms with Gasteiger partial charge in [-0.1, -0.05) is 29.8 Å². The van der Waals surface area contributed by atoms with Gasteiger partial charge in [0.25, 0.3) is 0 Å². The summed E-state index contributed by atoms with van der Waals surface area (Å²) in [5, 5.41) is 17.8. The molecule has 2 atom stereocenters. The van der Waals surface area contributed by atoms with Gasteiger partial charge in [-0.15, -0.1) is 0 Å². The molecule has 0 aliphatic heterocycles. The Balaban J connectivity index is 1.64. The molecule has 1 aromatic heterocycles. The average molecular weight is 287 g/mol. The van der Waals surface area contributed by atoms with E-state index in [1.54, 1.807) is 11.3 Å². The number of aliphatic hydroxyl groups excluding tert-OH is 1. The fourth-order valence-corrected chi connectivity index (χ4v) is 3.29. The minimum absolute atomic E-state index is 0.379. The van der Waals surface area contributed by atoms with Gasteiger partial charge >= 0.3 is 0 Å². The van der Waals surface area contributed by atoms with Gasteiger partial charge in [-0.2, -0.15) is 11.3 Å². The molecule has 0 amide bonds. The largest absolute Gasteiger partial charge is 0.387 e. The highest BCUT2D eigenvalue weighted by Gasteiger charge is 2.32. The van der Waals surface area contributed by atoms with Gasteiger partial charge in [0.05, 0.1) is 6.10 Å². The number of benzene rings is 1. The normalized spacial score (nSPS) is 17.9. The first kappa shape index (κ1) is 13.8. The van der Waals surface area contributed by atoms with Gasteiger partial charge in [-0.25, -0.2) is 0 Å². The lowest BCUT2D eigenvalue weighted by atomic mass is 10.0. The van der Waals surface area contributed by atoms with E-state index >= 15 is 0 Å². The Morgan fingerprint density at radius 3 is 2.55 bits per heavy atom. The van der Waals surface area contributed by atoms with Crippen LogP contribution >= 0.6 is 11.3 Å². The van der Waals surface area contributed by atoms with Crippen molar-refractivity contribution >= 4 is 11.3 Å². The first-order valence-electron chi connectivity index (χ1n) is 7.24. The Bertz CT molecular complexity index is 531. The Morgan fingerprint density at radius 2 is 1.95 bits per heavy atom. The highest BCUT2D eigenvalue weighted by Crippen LogP contribution is 2.41. The average Bonchev–Trinajstić information content (AvgIpc) is 3.14. The Hall–Kier alpha value is -1.16. The third-order valence-electron chi connectivity index (χ3n) is 3.99. The Labute approximate surface area is 124 Å². The fourth-order valence-electron chi connectivity index (χ4n) is 2.58. The van der Waals surface area contributed by atoms with Crippen LogP contribution in [0.5, 0.6) is 0 Å². The van der Waals surface area contributed by atoms with Gasteiger partial charge in [-0.05, 0) is 53.6 Å². The van der Waals surface area contributed by atoms with E-state index in [1.807, 2.05) is 16.8 Å². The summed E-state index contributed by atoms with van der Waals surface area (Å²) >= 11 is 1.63. The first-order chi connectivity index (χ1) is 9.74. The molecular weight excluding hydrogens is 266 g/mol. The zero-order valence-electron chi connectivity index (χ0n) is 11.8. The molecule has 2 N–H and O–H groups in total. The summed E-state index contributed by atoms with van der Waals surface area (Å²) in [7, 11) is 0. The van der Waals surface area contributed by atoms with Crippen LogP contribution in [-0.4, -0.2) is 11.7 Å². The van der Waals surface area contributed by atoms with Crippen LogP contribution in [-0.2, 0) is 0 Å². The molecule has 3 heteroatoms. The number of hydrogen-bond acceptors (Lipinski definition) is 3.